The van der Waals surface area contributed by atoms with Crippen LogP contribution >= 0.6 is 11.6 Å². The lowest BCUT2D eigenvalue weighted by Crippen LogP contribution is -1.81. The molecule has 0 saturated carbocycles. The van der Waals surface area contributed by atoms with Crippen LogP contribution < -0.4 is 0 Å². The van der Waals surface area contributed by atoms with Crippen LogP contribution in [0.1, 0.15) is 5.56 Å². The van der Waals surface area contributed by atoms with Crippen LogP contribution in [0.5, 0.6) is 0 Å². The van der Waals surface area contributed by atoms with Gasteiger partial charge in [0, 0.05) is 33.8 Å². The van der Waals surface area contributed by atoms with Crippen LogP contribution in [0.25, 0.3) is 17.0 Å². The van der Waals surface area contributed by atoms with E-state index in [4.69, 9.17) is 11.6 Å². The third-order valence-electron chi connectivity index (χ3n) is 2.05. The normalized spacial score (nSPS) is 11.3. The second-order valence-electron chi connectivity index (χ2n) is 3.04. The Morgan fingerprint density at radius 2 is 2.27 bits per heavy atom. The fraction of sp³-hybridized carbons (Fsp3) is 0. The Morgan fingerprint density at radius 1 is 1.47 bits per heavy atom. The molecule has 0 atom stereocenters. The second-order valence-corrected chi connectivity index (χ2v) is 3.47. The van der Waals surface area contributed by atoms with E-state index in [1.54, 1.807) is 18.3 Å². The molecule has 0 aliphatic rings. The minimum Gasteiger partial charge on any atom is -0.361 e. The molecule has 1 heterocycles. The molecule has 0 spiro atoms. The standard InChI is InChI=1S/C10H7ClN2O2/c11-8-1-2-9-7(3-4-13(14)15)6-12-10(9)5-8/h1-6,12H/b4-3+. The number of benzene rings is 1. The van der Waals surface area contributed by atoms with Gasteiger partial charge in [0.25, 0.3) is 0 Å². The number of rotatable bonds is 2. The van der Waals surface area contributed by atoms with Gasteiger partial charge >= 0.3 is 0 Å². The quantitative estimate of drug-likeness (QED) is 0.627. The summed E-state index contributed by atoms with van der Waals surface area (Å²) in [5.74, 6) is 0. The molecular formula is C10H7ClN2O2. The van der Waals surface area contributed by atoms with E-state index < -0.39 is 4.92 Å². The number of nitrogens with one attached hydrogen (secondary N) is 1. The third-order valence-corrected chi connectivity index (χ3v) is 2.29. The number of H-pyrrole nitrogens is 1. The smallest absolute Gasteiger partial charge is 0.235 e. The van der Waals surface area contributed by atoms with Crippen LogP contribution in [0.15, 0.2) is 30.6 Å². The molecule has 5 heteroatoms. The Hall–Kier alpha value is -1.81. The Balaban J connectivity index is 2.50. The average molecular weight is 223 g/mol. The van der Waals surface area contributed by atoms with E-state index in [2.05, 4.69) is 4.98 Å². The zero-order valence-electron chi connectivity index (χ0n) is 7.61. The SMILES string of the molecule is O=[N+]([O-])/C=C/c1c[nH]c2cc(Cl)ccc12. The molecule has 0 fully saturated rings. The molecule has 0 unspecified atom stereocenters. The van der Waals surface area contributed by atoms with Gasteiger partial charge in [-0.05, 0) is 12.1 Å². The second kappa shape index (κ2) is 3.74. The Labute approximate surface area is 90.3 Å². The van der Waals surface area contributed by atoms with E-state index in [0.717, 1.165) is 22.7 Å². The minimum absolute atomic E-state index is 0.491. The number of hydrogen-bond acceptors (Lipinski definition) is 2. The number of fused-ring (bicyclic) bond motifs is 1. The summed E-state index contributed by atoms with van der Waals surface area (Å²) in [6.45, 7) is 0. The van der Waals surface area contributed by atoms with E-state index in [0.29, 0.717) is 5.02 Å². The molecule has 0 aliphatic carbocycles. The van der Waals surface area contributed by atoms with Crippen molar-refractivity contribution >= 4 is 28.6 Å². The first kappa shape index (κ1) is 9.73. The molecule has 76 valence electrons. The Kier molecular flexibility index (Phi) is 2.43. The lowest BCUT2D eigenvalue weighted by molar-refractivity contribution is -0.400. The molecule has 0 saturated heterocycles. The summed E-state index contributed by atoms with van der Waals surface area (Å²) in [6.07, 6.45) is 4.07. The highest BCUT2D eigenvalue weighted by Crippen LogP contribution is 2.22. The van der Waals surface area contributed by atoms with Crippen molar-refractivity contribution in [3.63, 3.8) is 0 Å². The predicted molar refractivity (Wildman–Crippen MR) is 59.3 cm³/mol. The summed E-state index contributed by atoms with van der Waals surface area (Å²) in [5, 5.41) is 11.7. The summed E-state index contributed by atoms with van der Waals surface area (Å²) >= 11 is 5.81. The highest BCUT2D eigenvalue weighted by atomic mass is 35.5. The van der Waals surface area contributed by atoms with Crippen LogP contribution in [0, 0.1) is 10.1 Å². The summed E-state index contributed by atoms with van der Waals surface area (Å²) < 4.78 is 0. The molecule has 4 nitrogen and oxygen atoms in total. The van der Waals surface area contributed by atoms with Gasteiger partial charge in [-0.3, -0.25) is 10.1 Å². The molecule has 0 amide bonds. The number of hydrogen-bond donors (Lipinski definition) is 1. The maximum atomic E-state index is 10.2. The Bertz CT molecular complexity index is 545. The summed E-state index contributed by atoms with van der Waals surface area (Å²) in [7, 11) is 0. The largest absolute Gasteiger partial charge is 0.361 e. The summed E-state index contributed by atoms with van der Waals surface area (Å²) in [6, 6.07) is 5.36. The lowest BCUT2D eigenvalue weighted by Gasteiger charge is -1.91. The Morgan fingerprint density at radius 3 is 3.00 bits per heavy atom. The van der Waals surface area contributed by atoms with Crippen molar-refractivity contribution < 1.29 is 4.92 Å². The molecule has 1 N–H and O–H groups in total. The van der Waals surface area contributed by atoms with Crippen LogP contribution in [-0.4, -0.2) is 9.91 Å². The van der Waals surface area contributed by atoms with Crippen LogP contribution in [-0.2, 0) is 0 Å². The highest BCUT2D eigenvalue weighted by molar-refractivity contribution is 6.31. The predicted octanol–water partition coefficient (Wildman–Crippen LogP) is 3.07. The van der Waals surface area contributed by atoms with Crippen molar-refractivity contribution in [1.29, 1.82) is 0 Å². The summed E-state index contributed by atoms with van der Waals surface area (Å²) in [4.78, 5) is 12.7. The number of halogens is 1. The maximum absolute atomic E-state index is 10.2. The molecule has 0 bridgehead atoms. The molecular weight excluding hydrogens is 216 g/mol. The van der Waals surface area contributed by atoms with Crippen LogP contribution in [0.2, 0.25) is 5.02 Å². The monoisotopic (exact) mass is 222 g/mol. The van der Waals surface area contributed by atoms with Crippen molar-refractivity contribution in [1.82, 2.24) is 4.98 Å². The van der Waals surface area contributed by atoms with Gasteiger partial charge in [0.05, 0.1) is 4.92 Å². The van der Waals surface area contributed by atoms with E-state index in [1.807, 2.05) is 6.07 Å². The lowest BCUT2D eigenvalue weighted by atomic mass is 10.2. The molecule has 0 aliphatic heterocycles. The maximum Gasteiger partial charge on any atom is 0.235 e. The molecule has 1 aromatic heterocycles. The van der Waals surface area contributed by atoms with Crippen molar-refractivity contribution in [2.24, 2.45) is 0 Å². The molecule has 15 heavy (non-hydrogen) atoms. The van der Waals surface area contributed by atoms with Crippen LogP contribution in [0.3, 0.4) is 0 Å². The zero-order valence-corrected chi connectivity index (χ0v) is 8.36. The third kappa shape index (κ3) is 1.99. The number of nitrogens with zero attached hydrogens (tertiary/aromatic N) is 1. The van der Waals surface area contributed by atoms with Gasteiger partial charge in [-0.1, -0.05) is 17.7 Å². The fourth-order valence-electron chi connectivity index (χ4n) is 1.40. The van der Waals surface area contributed by atoms with Crippen molar-refractivity contribution in [3.8, 4) is 0 Å². The van der Waals surface area contributed by atoms with Crippen LogP contribution in [0.4, 0.5) is 0 Å². The van der Waals surface area contributed by atoms with E-state index in [1.165, 1.54) is 6.08 Å². The van der Waals surface area contributed by atoms with Gasteiger partial charge < -0.3 is 4.98 Å². The van der Waals surface area contributed by atoms with Gasteiger partial charge in [0.15, 0.2) is 0 Å². The first-order valence-electron chi connectivity index (χ1n) is 4.25. The molecule has 2 rings (SSSR count). The number of nitro groups is 1. The zero-order chi connectivity index (χ0) is 10.8. The topological polar surface area (TPSA) is 58.9 Å². The van der Waals surface area contributed by atoms with Gasteiger partial charge in [0.2, 0.25) is 6.20 Å². The summed E-state index contributed by atoms with van der Waals surface area (Å²) in [5.41, 5.74) is 1.64. The van der Waals surface area contributed by atoms with E-state index in [9.17, 15) is 10.1 Å². The van der Waals surface area contributed by atoms with Gasteiger partial charge in [0.1, 0.15) is 0 Å². The first-order valence-corrected chi connectivity index (χ1v) is 4.63. The van der Waals surface area contributed by atoms with Crippen molar-refractivity contribution in [2.45, 2.75) is 0 Å². The minimum atomic E-state index is -0.491. The molecule has 1 aromatic carbocycles. The van der Waals surface area contributed by atoms with Crippen molar-refractivity contribution in [3.05, 3.63) is 51.3 Å². The fourth-order valence-corrected chi connectivity index (χ4v) is 1.57. The highest BCUT2D eigenvalue weighted by Gasteiger charge is 2.02. The van der Waals surface area contributed by atoms with Gasteiger partial charge in [-0.25, -0.2) is 0 Å². The molecule has 2 aromatic rings. The van der Waals surface area contributed by atoms with Gasteiger partial charge in [-0.2, -0.15) is 0 Å². The van der Waals surface area contributed by atoms with E-state index in [-0.39, 0.29) is 0 Å². The van der Waals surface area contributed by atoms with Gasteiger partial charge in [-0.15, -0.1) is 0 Å². The first-order chi connectivity index (χ1) is 7.16. The van der Waals surface area contributed by atoms with E-state index >= 15 is 0 Å². The molecule has 0 radical (unpaired) electrons. The number of aromatic nitrogens is 1. The average Bonchev–Trinajstić information content (AvgIpc) is 2.57. The van der Waals surface area contributed by atoms with Crippen molar-refractivity contribution in [2.75, 3.05) is 0 Å². The number of aromatic amines is 1.